The molecule has 2 rings (SSSR count). The molecule has 0 saturated carbocycles. The zero-order valence-corrected chi connectivity index (χ0v) is 15.5. The largest absolute Gasteiger partial charge is 0.491 e. The lowest BCUT2D eigenvalue weighted by atomic mass is 10.1. The first kappa shape index (κ1) is 18.7. The Morgan fingerprint density at radius 3 is 2.79 bits per heavy atom. The second-order valence-electron chi connectivity index (χ2n) is 6.73. The van der Waals surface area contributed by atoms with Gasteiger partial charge >= 0.3 is 0 Å². The standard InChI is InChI=1S/C19H31N3O2/c1-5-16-8-6-7-9-18(16)24-13-12-22(4)19(23)14-17-15-20(2)10-11-21(17)3/h6-9,17H,5,10-15H2,1-4H3. The monoisotopic (exact) mass is 333 g/mol. The fourth-order valence-electron chi connectivity index (χ4n) is 3.03. The van der Waals surface area contributed by atoms with Crippen LogP contribution in [0.1, 0.15) is 18.9 Å². The maximum absolute atomic E-state index is 12.5. The van der Waals surface area contributed by atoms with Gasteiger partial charge < -0.3 is 19.4 Å². The molecular weight excluding hydrogens is 302 g/mol. The number of hydrogen-bond donors (Lipinski definition) is 0. The highest BCUT2D eigenvalue weighted by molar-refractivity contribution is 5.76. The maximum atomic E-state index is 12.5. The molecule has 1 aliphatic heterocycles. The molecule has 1 heterocycles. The zero-order chi connectivity index (χ0) is 17.5. The number of piperazine rings is 1. The fourth-order valence-corrected chi connectivity index (χ4v) is 3.03. The van der Waals surface area contributed by atoms with E-state index in [0.717, 1.165) is 31.8 Å². The third-order valence-corrected chi connectivity index (χ3v) is 4.85. The number of rotatable bonds is 7. The predicted molar refractivity (Wildman–Crippen MR) is 97.5 cm³/mol. The first-order valence-corrected chi connectivity index (χ1v) is 8.84. The van der Waals surface area contributed by atoms with E-state index in [2.05, 4.69) is 36.9 Å². The Balaban J connectivity index is 1.77. The maximum Gasteiger partial charge on any atom is 0.224 e. The third kappa shape index (κ3) is 5.21. The summed E-state index contributed by atoms with van der Waals surface area (Å²) < 4.78 is 5.86. The number of nitrogens with zero attached hydrogens (tertiary/aromatic N) is 3. The van der Waals surface area contributed by atoms with E-state index >= 15 is 0 Å². The van der Waals surface area contributed by atoms with Gasteiger partial charge in [-0.2, -0.15) is 0 Å². The van der Waals surface area contributed by atoms with E-state index in [1.165, 1.54) is 5.56 Å². The summed E-state index contributed by atoms with van der Waals surface area (Å²) in [6.07, 6.45) is 1.52. The highest BCUT2D eigenvalue weighted by Crippen LogP contribution is 2.18. The number of carbonyl (C=O) groups is 1. The van der Waals surface area contributed by atoms with Crippen molar-refractivity contribution in [1.82, 2.24) is 14.7 Å². The second-order valence-corrected chi connectivity index (χ2v) is 6.73. The first-order chi connectivity index (χ1) is 11.5. The Morgan fingerprint density at radius 1 is 1.29 bits per heavy atom. The van der Waals surface area contributed by atoms with Crippen molar-refractivity contribution in [3.05, 3.63) is 29.8 Å². The average molecular weight is 333 g/mol. The number of hydrogen-bond acceptors (Lipinski definition) is 4. The summed E-state index contributed by atoms with van der Waals surface area (Å²) in [6, 6.07) is 8.39. The van der Waals surface area contributed by atoms with Crippen molar-refractivity contribution < 1.29 is 9.53 Å². The van der Waals surface area contributed by atoms with Crippen LogP contribution in [0, 0.1) is 0 Å². The average Bonchev–Trinajstić information content (AvgIpc) is 2.58. The summed E-state index contributed by atoms with van der Waals surface area (Å²) in [5, 5.41) is 0. The Morgan fingerprint density at radius 2 is 2.04 bits per heavy atom. The van der Waals surface area contributed by atoms with Gasteiger partial charge in [0.15, 0.2) is 0 Å². The number of ether oxygens (including phenoxy) is 1. The van der Waals surface area contributed by atoms with E-state index in [1.54, 1.807) is 4.90 Å². The van der Waals surface area contributed by atoms with Crippen LogP contribution < -0.4 is 4.74 Å². The molecule has 0 radical (unpaired) electrons. The summed E-state index contributed by atoms with van der Waals surface area (Å²) in [7, 11) is 6.09. The molecule has 1 atom stereocenters. The predicted octanol–water partition coefficient (Wildman–Crippen LogP) is 1.72. The fraction of sp³-hybridized carbons (Fsp3) is 0.632. The molecule has 0 aliphatic carbocycles. The molecule has 0 aromatic heterocycles. The number of benzene rings is 1. The topological polar surface area (TPSA) is 36.0 Å². The summed E-state index contributed by atoms with van der Waals surface area (Å²) in [4.78, 5) is 18.8. The Kier molecular flexibility index (Phi) is 7.06. The van der Waals surface area contributed by atoms with E-state index < -0.39 is 0 Å². The molecule has 24 heavy (non-hydrogen) atoms. The van der Waals surface area contributed by atoms with Crippen LogP contribution in [0.3, 0.4) is 0 Å². The molecule has 1 aromatic carbocycles. The van der Waals surface area contributed by atoms with E-state index in [-0.39, 0.29) is 5.91 Å². The molecule has 1 unspecified atom stereocenters. The van der Waals surface area contributed by atoms with Crippen LogP contribution in [-0.2, 0) is 11.2 Å². The second kappa shape index (κ2) is 9.04. The van der Waals surface area contributed by atoms with Crippen LogP contribution in [0.2, 0.25) is 0 Å². The molecule has 1 fully saturated rings. The molecule has 0 spiro atoms. The lowest BCUT2D eigenvalue weighted by molar-refractivity contribution is -0.132. The Labute approximate surface area is 146 Å². The summed E-state index contributed by atoms with van der Waals surface area (Å²) >= 11 is 0. The van der Waals surface area contributed by atoms with E-state index in [1.807, 2.05) is 25.2 Å². The lowest BCUT2D eigenvalue weighted by Crippen LogP contribution is -2.51. The molecule has 134 valence electrons. The van der Waals surface area contributed by atoms with E-state index in [4.69, 9.17) is 4.74 Å². The van der Waals surface area contributed by atoms with Gasteiger partial charge in [0.05, 0.1) is 6.54 Å². The van der Waals surface area contributed by atoms with Gasteiger partial charge in [-0.15, -0.1) is 0 Å². The van der Waals surface area contributed by atoms with Gasteiger partial charge in [0.1, 0.15) is 12.4 Å². The normalized spacial score (nSPS) is 19.2. The van der Waals surface area contributed by atoms with Crippen molar-refractivity contribution in [2.75, 3.05) is 53.9 Å². The third-order valence-electron chi connectivity index (χ3n) is 4.85. The number of likely N-dealkylation sites (N-methyl/N-ethyl adjacent to an activating group) is 3. The lowest BCUT2D eigenvalue weighted by Gasteiger charge is -2.38. The minimum absolute atomic E-state index is 0.189. The number of aryl methyl sites for hydroxylation is 1. The molecule has 5 nitrogen and oxygen atoms in total. The van der Waals surface area contributed by atoms with Crippen molar-refractivity contribution >= 4 is 5.91 Å². The van der Waals surface area contributed by atoms with E-state index in [9.17, 15) is 4.79 Å². The van der Waals surface area contributed by atoms with E-state index in [0.29, 0.717) is 25.6 Å². The smallest absolute Gasteiger partial charge is 0.224 e. The quantitative estimate of drug-likeness (QED) is 0.761. The van der Waals surface area contributed by atoms with Crippen molar-refractivity contribution in [3.63, 3.8) is 0 Å². The first-order valence-electron chi connectivity index (χ1n) is 8.84. The Hall–Kier alpha value is -1.59. The van der Waals surface area contributed by atoms with Crippen LogP contribution in [0.4, 0.5) is 0 Å². The van der Waals surface area contributed by atoms with Gasteiger partial charge in [0.25, 0.3) is 0 Å². The molecule has 1 amide bonds. The van der Waals surface area contributed by atoms with Crippen LogP contribution in [0.25, 0.3) is 0 Å². The SMILES string of the molecule is CCc1ccccc1OCCN(C)C(=O)CC1CN(C)CCN1C. The zero-order valence-electron chi connectivity index (χ0n) is 15.5. The summed E-state index contributed by atoms with van der Waals surface area (Å²) in [6.45, 7) is 6.31. The van der Waals surface area contributed by atoms with Crippen molar-refractivity contribution in [2.45, 2.75) is 25.8 Å². The van der Waals surface area contributed by atoms with Gasteiger partial charge in [-0.3, -0.25) is 4.79 Å². The summed E-state index contributed by atoms with van der Waals surface area (Å²) in [5.41, 5.74) is 1.21. The van der Waals surface area contributed by atoms with Crippen molar-refractivity contribution in [2.24, 2.45) is 0 Å². The molecule has 1 aromatic rings. The van der Waals surface area contributed by atoms with Crippen LogP contribution >= 0.6 is 0 Å². The van der Waals surface area contributed by atoms with Crippen molar-refractivity contribution in [1.29, 1.82) is 0 Å². The van der Waals surface area contributed by atoms with Gasteiger partial charge in [-0.25, -0.2) is 0 Å². The Bertz CT molecular complexity index is 535. The molecule has 5 heteroatoms. The van der Waals surface area contributed by atoms with Crippen LogP contribution in [0.5, 0.6) is 5.75 Å². The van der Waals surface area contributed by atoms with Gasteiger partial charge in [-0.05, 0) is 32.1 Å². The van der Waals surface area contributed by atoms with Crippen LogP contribution in [0.15, 0.2) is 24.3 Å². The minimum Gasteiger partial charge on any atom is -0.491 e. The highest BCUT2D eigenvalue weighted by Gasteiger charge is 2.25. The molecule has 0 N–H and O–H groups in total. The molecule has 1 saturated heterocycles. The van der Waals surface area contributed by atoms with Crippen LogP contribution in [-0.4, -0.2) is 80.6 Å². The minimum atomic E-state index is 0.189. The van der Waals surface area contributed by atoms with Crippen molar-refractivity contribution in [3.8, 4) is 5.75 Å². The molecule has 0 bridgehead atoms. The van der Waals surface area contributed by atoms with Gasteiger partial charge in [0.2, 0.25) is 5.91 Å². The summed E-state index contributed by atoms with van der Waals surface area (Å²) in [5.74, 6) is 1.11. The van der Waals surface area contributed by atoms with Gasteiger partial charge in [-0.1, -0.05) is 25.1 Å². The number of carbonyl (C=O) groups excluding carboxylic acids is 1. The molecular formula is C19H31N3O2. The number of para-hydroxylation sites is 1. The highest BCUT2D eigenvalue weighted by atomic mass is 16.5. The van der Waals surface area contributed by atoms with Gasteiger partial charge in [0, 0.05) is 39.1 Å². The number of amides is 1. The molecule has 1 aliphatic rings.